The van der Waals surface area contributed by atoms with Gasteiger partial charge in [-0.1, -0.05) is 11.8 Å². The zero-order valence-corrected chi connectivity index (χ0v) is 13.6. The number of carbonyl (C=O) groups excluding carboxylic acids is 1. The zero-order chi connectivity index (χ0) is 16.5. The summed E-state index contributed by atoms with van der Waals surface area (Å²) in [5, 5.41) is 2.66. The molecule has 122 valence electrons. The van der Waals surface area contributed by atoms with Crippen LogP contribution >= 0.6 is 11.8 Å². The summed E-state index contributed by atoms with van der Waals surface area (Å²) >= 11 is 1.20. The molecule has 0 fully saturated rings. The number of carbonyl (C=O) groups is 1. The van der Waals surface area contributed by atoms with Gasteiger partial charge >= 0.3 is 0 Å². The van der Waals surface area contributed by atoms with E-state index in [4.69, 9.17) is 9.47 Å². The Kier molecular flexibility index (Phi) is 6.75. The number of amides is 1. The van der Waals surface area contributed by atoms with E-state index >= 15 is 0 Å². The molecule has 0 radical (unpaired) electrons. The van der Waals surface area contributed by atoms with E-state index in [2.05, 4.69) is 5.32 Å². The minimum atomic E-state index is -0.299. The summed E-state index contributed by atoms with van der Waals surface area (Å²) in [6, 6.07) is 12.9. The summed E-state index contributed by atoms with van der Waals surface area (Å²) < 4.78 is 24.0. The maximum absolute atomic E-state index is 12.8. The first-order valence-electron chi connectivity index (χ1n) is 7.24. The topological polar surface area (TPSA) is 47.6 Å². The van der Waals surface area contributed by atoms with E-state index in [1.54, 1.807) is 36.4 Å². The second-order valence-electron chi connectivity index (χ2n) is 4.54. The van der Waals surface area contributed by atoms with E-state index in [0.29, 0.717) is 36.2 Å². The molecule has 2 aromatic carbocycles. The van der Waals surface area contributed by atoms with Crippen LogP contribution in [0.1, 0.15) is 6.92 Å². The van der Waals surface area contributed by atoms with Crippen LogP contribution in [-0.4, -0.2) is 24.1 Å². The van der Waals surface area contributed by atoms with Gasteiger partial charge in [-0.25, -0.2) is 4.39 Å². The van der Waals surface area contributed by atoms with Crippen LogP contribution in [0.25, 0.3) is 0 Å². The lowest BCUT2D eigenvalue weighted by Gasteiger charge is -2.08. The predicted molar refractivity (Wildman–Crippen MR) is 89.9 cm³/mol. The van der Waals surface area contributed by atoms with Crippen molar-refractivity contribution in [2.45, 2.75) is 6.92 Å². The molecule has 2 aromatic rings. The van der Waals surface area contributed by atoms with E-state index in [-0.39, 0.29) is 11.1 Å². The number of benzene rings is 2. The fourth-order valence-corrected chi connectivity index (χ4v) is 2.33. The fraction of sp³-hybridized carbons (Fsp3) is 0.235. The maximum Gasteiger partial charge on any atom is 0.279 e. The van der Waals surface area contributed by atoms with Gasteiger partial charge in [0.1, 0.15) is 23.1 Å². The first-order chi connectivity index (χ1) is 11.2. The summed E-state index contributed by atoms with van der Waals surface area (Å²) in [5.41, 5.74) is 0. The van der Waals surface area contributed by atoms with Crippen molar-refractivity contribution in [1.82, 2.24) is 5.32 Å². The molecule has 0 heterocycles. The molecule has 0 unspecified atom stereocenters. The minimum absolute atomic E-state index is 0.0425. The van der Waals surface area contributed by atoms with Gasteiger partial charge in [-0.05, 0) is 55.5 Å². The SMILES string of the molecule is CCNC(=O)SCCOc1ccc(Oc2ccc(F)cc2)cc1. The Bertz CT molecular complexity index is 617. The van der Waals surface area contributed by atoms with Crippen molar-refractivity contribution in [3.8, 4) is 17.2 Å². The standard InChI is InChI=1S/C17H18FNO3S/c1-2-19-17(20)23-12-11-21-14-7-9-16(10-8-14)22-15-5-3-13(18)4-6-15/h3-10H,2,11-12H2,1H3,(H,19,20). The van der Waals surface area contributed by atoms with Gasteiger partial charge < -0.3 is 14.8 Å². The van der Waals surface area contributed by atoms with Crippen LogP contribution in [0.15, 0.2) is 48.5 Å². The first kappa shape index (κ1) is 17.1. The Morgan fingerprint density at radius 2 is 1.61 bits per heavy atom. The lowest BCUT2D eigenvalue weighted by molar-refractivity contribution is 0.261. The molecule has 1 amide bonds. The van der Waals surface area contributed by atoms with Crippen molar-refractivity contribution >= 4 is 17.0 Å². The van der Waals surface area contributed by atoms with Crippen LogP contribution in [0.4, 0.5) is 9.18 Å². The third-order valence-electron chi connectivity index (χ3n) is 2.78. The third kappa shape index (κ3) is 6.20. The molecular weight excluding hydrogens is 317 g/mol. The van der Waals surface area contributed by atoms with Gasteiger partial charge in [0.05, 0.1) is 6.61 Å². The Morgan fingerprint density at radius 3 is 2.22 bits per heavy atom. The number of hydrogen-bond donors (Lipinski definition) is 1. The van der Waals surface area contributed by atoms with Crippen LogP contribution in [0.2, 0.25) is 0 Å². The van der Waals surface area contributed by atoms with Gasteiger partial charge in [0.15, 0.2) is 0 Å². The summed E-state index contributed by atoms with van der Waals surface area (Å²) in [7, 11) is 0. The van der Waals surface area contributed by atoms with E-state index in [1.807, 2.05) is 6.92 Å². The highest BCUT2D eigenvalue weighted by atomic mass is 32.2. The van der Waals surface area contributed by atoms with E-state index < -0.39 is 0 Å². The van der Waals surface area contributed by atoms with Gasteiger partial charge in [0.2, 0.25) is 0 Å². The second-order valence-corrected chi connectivity index (χ2v) is 5.61. The highest BCUT2D eigenvalue weighted by Gasteiger charge is 2.02. The molecule has 4 nitrogen and oxygen atoms in total. The van der Waals surface area contributed by atoms with Crippen LogP contribution in [-0.2, 0) is 0 Å². The van der Waals surface area contributed by atoms with E-state index in [0.717, 1.165) is 0 Å². The van der Waals surface area contributed by atoms with Gasteiger partial charge in [0.25, 0.3) is 5.24 Å². The second kappa shape index (κ2) is 9.05. The molecule has 0 saturated heterocycles. The Balaban J connectivity index is 1.76. The minimum Gasteiger partial charge on any atom is -0.493 e. The average Bonchev–Trinajstić information content (AvgIpc) is 2.55. The first-order valence-corrected chi connectivity index (χ1v) is 8.23. The molecule has 0 aliphatic heterocycles. The number of nitrogens with one attached hydrogen (secondary N) is 1. The molecule has 0 saturated carbocycles. The number of thioether (sulfide) groups is 1. The molecule has 1 N–H and O–H groups in total. The number of hydrogen-bond acceptors (Lipinski definition) is 4. The molecular formula is C17H18FNO3S. The van der Waals surface area contributed by atoms with Crippen molar-refractivity contribution in [2.24, 2.45) is 0 Å². The van der Waals surface area contributed by atoms with Crippen LogP contribution < -0.4 is 14.8 Å². The zero-order valence-electron chi connectivity index (χ0n) is 12.8. The lowest BCUT2D eigenvalue weighted by Crippen LogP contribution is -2.18. The van der Waals surface area contributed by atoms with Gasteiger partial charge in [0, 0.05) is 12.3 Å². The van der Waals surface area contributed by atoms with Gasteiger partial charge in [-0.15, -0.1) is 0 Å². The average molecular weight is 335 g/mol. The van der Waals surface area contributed by atoms with Crippen molar-refractivity contribution in [3.05, 3.63) is 54.3 Å². The Hall–Kier alpha value is -2.21. The summed E-state index contributed by atoms with van der Waals surface area (Å²) in [6.45, 7) is 2.95. The van der Waals surface area contributed by atoms with Crippen LogP contribution in [0, 0.1) is 5.82 Å². The maximum atomic E-state index is 12.8. The number of halogens is 1. The Morgan fingerprint density at radius 1 is 1.04 bits per heavy atom. The van der Waals surface area contributed by atoms with Crippen LogP contribution in [0.5, 0.6) is 17.2 Å². The molecule has 0 aliphatic rings. The highest BCUT2D eigenvalue weighted by molar-refractivity contribution is 8.13. The molecule has 23 heavy (non-hydrogen) atoms. The molecule has 0 bridgehead atoms. The molecule has 0 aliphatic carbocycles. The fourth-order valence-electron chi connectivity index (χ4n) is 1.73. The smallest absolute Gasteiger partial charge is 0.279 e. The van der Waals surface area contributed by atoms with Crippen molar-refractivity contribution < 1.29 is 18.7 Å². The van der Waals surface area contributed by atoms with Crippen molar-refractivity contribution in [1.29, 1.82) is 0 Å². The van der Waals surface area contributed by atoms with Gasteiger partial charge in [-0.3, -0.25) is 4.79 Å². The summed E-state index contributed by atoms with van der Waals surface area (Å²) in [6.07, 6.45) is 0. The normalized spacial score (nSPS) is 10.2. The molecule has 0 aromatic heterocycles. The molecule has 0 atom stereocenters. The largest absolute Gasteiger partial charge is 0.493 e. The summed E-state index contributed by atoms with van der Waals surface area (Å²) in [5.74, 6) is 2.19. The van der Waals surface area contributed by atoms with Crippen molar-refractivity contribution in [2.75, 3.05) is 18.9 Å². The van der Waals surface area contributed by atoms with E-state index in [1.165, 1.54) is 23.9 Å². The predicted octanol–water partition coefficient (Wildman–Crippen LogP) is 4.46. The quantitative estimate of drug-likeness (QED) is 0.759. The third-order valence-corrected chi connectivity index (χ3v) is 3.56. The van der Waals surface area contributed by atoms with Crippen LogP contribution in [0.3, 0.4) is 0 Å². The monoisotopic (exact) mass is 335 g/mol. The number of rotatable bonds is 7. The summed E-state index contributed by atoms with van der Waals surface area (Å²) in [4.78, 5) is 11.2. The Labute approximate surface area is 139 Å². The number of ether oxygens (including phenoxy) is 2. The van der Waals surface area contributed by atoms with Crippen molar-refractivity contribution in [3.63, 3.8) is 0 Å². The van der Waals surface area contributed by atoms with Gasteiger partial charge in [-0.2, -0.15) is 0 Å². The molecule has 6 heteroatoms. The highest BCUT2D eigenvalue weighted by Crippen LogP contribution is 2.24. The molecule has 0 spiro atoms. The molecule has 2 rings (SSSR count). The lowest BCUT2D eigenvalue weighted by atomic mass is 10.3. The van der Waals surface area contributed by atoms with E-state index in [9.17, 15) is 9.18 Å².